The summed E-state index contributed by atoms with van der Waals surface area (Å²) in [4.78, 5) is 15.9. The minimum atomic E-state index is 0.0610. The molecule has 0 aromatic heterocycles. The Kier molecular flexibility index (Phi) is 7.69. The molecule has 3 rings (SSSR count). The smallest absolute Gasteiger partial charge is 0.278 e. The van der Waals surface area contributed by atoms with Gasteiger partial charge in [0.25, 0.3) is 5.91 Å². The summed E-state index contributed by atoms with van der Waals surface area (Å²) in [7, 11) is 0. The third kappa shape index (κ3) is 5.68. The van der Waals surface area contributed by atoms with Gasteiger partial charge in [-0.3, -0.25) is 4.79 Å². The number of amides is 1. The molecule has 2 aliphatic rings. The van der Waals surface area contributed by atoms with Gasteiger partial charge < -0.3 is 15.1 Å². The summed E-state index contributed by atoms with van der Waals surface area (Å²) >= 11 is 0. The predicted octanol–water partition coefficient (Wildman–Crippen LogP) is 0.813. The third-order valence-corrected chi connectivity index (χ3v) is 7.16. The average Bonchev–Trinajstić information content (AvgIpc) is 2.72. The first-order valence-electron chi connectivity index (χ1n) is 11.2. The fraction of sp³-hybridized carbons (Fsp3) is 0.625. The van der Waals surface area contributed by atoms with E-state index >= 15 is 0 Å². The predicted molar refractivity (Wildman–Crippen MR) is 115 cm³/mol. The Morgan fingerprint density at radius 2 is 1.86 bits per heavy atom. The number of quaternary nitrogens is 2. The molecule has 1 saturated heterocycles. The highest BCUT2D eigenvalue weighted by Crippen LogP contribution is 2.29. The molecule has 2 fully saturated rings. The third-order valence-electron chi connectivity index (χ3n) is 7.16. The van der Waals surface area contributed by atoms with Crippen LogP contribution in [0.4, 0.5) is 0 Å². The van der Waals surface area contributed by atoms with Crippen LogP contribution in [0.1, 0.15) is 45.6 Å². The van der Waals surface area contributed by atoms with E-state index in [9.17, 15) is 4.79 Å². The second-order valence-electron chi connectivity index (χ2n) is 9.03. The molecule has 1 amide bonds. The highest BCUT2D eigenvalue weighted by Gasteiger charge is 2.34. The van der Waals surface area contributed by atoms with Gasteiger partial charge in [0.2, 0.25) is 0 Å². The van der Waals surface area contributed by atoms with E-state index in [0.717, 1.165) is 45.1 Å². The second-order valence-corrected chi connectivity index (χ2v) is 9.03. The summed E-state index contributed by atoms with van der Waals surface area (Å²) in [6.45, 7) is 12.3. The van der Waals surface area contributed by atoms with E-state index in [1.807, 2.05) is 0 Å². The molecule has 1 saturated carbocycles. The molecule has 4 nitrogen and oxygen atoms in total. The van der Waals surface area contributed by atoms with Crippen molar-refractivity contribution in [2.45, 2.75) is 52.1 Å². The van der Waals surface area contributed by atoms with Gasteiger partial charge in [-0.15, -0.1) is 0 Å². The molecule has 4 atom stereocenters. The molecule has 1 heterocycles. The van der Waals surface area contributed by atoms with E-state index < -0.39 is 0 Å². The first-order valence-corrected chi connectivity index (χ1v) is 11.2. The van der Waals surface area contributed by atoms with Crippen molar-refractivity contribution in [2.24, 2.45) is 11.8 Å². The van der Waals surface area contributed by atoms with Crippen LogP contribution in [0.25, 0.3) is 6.08 Å². The molecular weight excluding hydrogens is 346 g/mol. The van der Waals surface area contributed by atoms with Gasteiger partial charge in [0.1, 0.15) is 26.2 Å². The molecule has 1 aliphatic heterocycles. The molecule has 28 heavy (non-hydrogen) atoms. The van der Waals surface area contributed by atoms with Gasteiger partial charge in [0, 0.05) is 6.04 Å². The van der Waals surface area contributed by atoms with Crippen molar-refractivity contribution in [3.63, 3.8) is 0 Å². The van der Waals surface area contributed by atoms with Crippen molar-refractivity contribution in [1.82, 2.24) is 5.32 Å². The second kappa shape index (κ2) is 10.2. The molecule has 4 heteroatoms. The van der Waals surface area contributed by atoms with Crippen molar-refractivity contribution < 1.29 is 14.6 Å². The SMILES string of the molecule is C[C@H]1[C@@H](NC(=O)[C@@H](C)[NH+]2CC[NH+](C/C=C/c3ccccc3)CC2)CCC[C@@H]1C. The van der Waals surface area contributed by atoms with Crippen LogP contribution in [0.15, 0.2) is 36.4 Å². The number of carbonyl (C=O) groups excluding carboxylic acids is 1. The van der Waals surface area contributed by atoms with E-state index in [1.165, 1.54) is 23.3 Å². The Morgan fingerprint density at radius 3 is 2.57 bits per heavy atom. The topological polar surface area (TPSA) is 38.0 Å². The number of benzene rings is 1. The Balaban J connectivity index is 1.41. The zero-order valence-electron chi connectivity index (χ0n) is 17.9. The van der Waals surface area contributed by atoms with Crippen molar-refractivity contribution in [3.05, 3.63) is 42.0 Å². The summed E-state index contributed by atoms with van der Waals surface area (Å²) in [6.07, 6.45) is 8.20. The molecule has 0 spiro atoms. The van der Waals surface area contributed by atoms with Gasteiger partial charge in [0.05, 0.1) is 6.54 Å². The van der Waals surface area contributed by atoms with Gasteiger partial charge >= 0.3 is 0 Å². The van der Waals surface area contributed by atoms with Crippen LogP contribution in [0, 0.1) is 11.8 Å². The minimum Gasteiger partial charge on any atom is -0.348 e. The molecule has 1 aliphatic carbocycles. The number of nitrogens with one attached hydrogen (secondary N) is 3. The zero-order valence-corrected chi connectivity index (χ0v) is 17.9. The van der Waals surface area contributed by atoms with Crippen LogP contribution in [0.5, 0.6) is 0 Å². The highest BCUT2D eigenvalue weighted by molar-refractivity contribution is 5.80. The summed E-state index contributed by atoms with van der Waals surface area (Å²) < 4.78 is 0. The van der Waals surface area contributed by atoms with E-state index in [-0.39, 0.29) is 11.9 Å². The van der Waals surface area contributed by atoms with Crippen LogP contribution in [0.2, 0.25) is 0 Å². The van der Waals surface area contributed by atoms with Crippen molar-refractivity contribution in [1.29, 1.82) is 0 Å². The molecule has 0 radical (unpaired) electrons. The lowest BCUT2D eigenvalue weighted by Gasteiger charge is -2.36. The molecule has 3 N–H and O–H groups in total. The lowest BCUT2D eigenvalue weighted by Crippen LogP contribution is -3.30. The number of piperazine rings is 1. The van der Waals surface area contributed by atoms with Crippen LogP contribution in [0.3, 0.4) is 0 Å². The zero-order chi connectivity index (χ0) is 19.9. The molecule has 1 aromatic rings. The molecule has 1 aromatic carbocycles. The standard InChI is InChI=1S/C24H37N3O/c1-19-9-7-13-23(20(19)2)25-24(28)21(3)27-17-15-26(16-18-27)14-8-12-22-10-5-4-6-11-22/h4-6,8,10-12,19-21,23H,7,9,13-18H2,1-3H3,(H,25,28)/p+2/b12-8+/t19-,20+,21+,23-/m0/s1. The fourth-order valence-electron chi connectivity index (χ4n) is 4.77. The normalized spacial score (nSPS) is 32.2. The molecule has 0 bridgehead atoms. The summed E-state index contributed by atoms with van der Waals surface area (Å²) in [5, 5.41) is 3.38. The van der Waals surface area contributed by atoms with Crippen LogP contribution in [-0.4, -0.2) is 50.7 Å². The van der Waals surface area contributed by atoms with Gasteiger partial charge in [-0.25, -0.2) is 0 Å². The van der Waals surface area contributed by atoms with E-state index in [1.54, 1.807) is 4.90 Å². The quantitative estimate of drug-likeness (QED) is 0.666. The number of carbonyl (C=O) groups is 1. The highest BCUT2D eigenvalue weighted by atomic mass is 16.2. The first-order chi connectivity index (χ1) is 13.5. The van der Waals surface area contributed by atoms with Gasteiger partial charge in [-0.05, 0) is 36.8 Å². The Bertz CT molecular complexity index is 637. The minimum absolute atomic E-state index is 0.0610. The van der Waals surface area contributed by atoms with Crippen LogP contribution in [-0.2, 0) is 4.79 Å². The van der Waals surface area contributed by atoms with E-state index in [0.29, 0.717) is 12.0 Å². The maximum atomic E-state index is 12.8. The van der Waals surface area contributed by atoms with Gasteiger partial charge in [0.15, 0.2) is 6.04 Å². The van der Waals surface area contributed by atoms with E-state index in [4.69, 9.17) is 0 Å². The molecule has 154 valence electrons. The van der Waals surface area contributed by atoms with Gasteiger partial charge in [-0.1, -0.05) is 63.1 Å². The van der Waals surface area contributed by atoms with E-state index in [2.05, 4.69) is 68.6 Å². The van der Waals surface area contributed by atoms with Crippen LogP contribution >= 0.6 is 0 Å². The summed E-state index contributed by atoms with van der Waals surface area (Å²) in [5.74, 6) is 1.57. The van der Waals surface area contributed by atoms with Crippen LogP contribution < -0.4 is 15.1 Å². The Hall–Kier alpha value is -1.65. The maximum Gasteiger partial charge on any atom is 0.278 e. The summed E-state index contributed by atoms with van der Waals surface area (Å²) in [6, 6.07) is 10.9. The van der Waals surface area contributed by atoms with Crippen molar-refractivity contribution >= 4 is 12.0 Å². The van der Waals surface area contributed by atoms with Crippen molar-refractivity contribution in [3.8, 4) is 0 Å². The molecular formula is C24H39N3O+2. The Labute approximate surface area is 171 Å². The first kappa shape index (κ1) is 21.1. The molecule has 0 unspecified atom stereocenters. The fourth-order valence-corrected chi connectivity index (χ4v) is 4.77. The monoisotopic (exact) mass is 385 g/mol. The number of rotatable bonds is 6. The largest absolute Gasteiger partial charge is 0.348 e. The number of hydrogen-bond donors (Lipinski definition) is 3. The van der Waals surface area contributed by atoms with Gasteiger partial charge in [-0.2, -0.15) is 0 Å². The maximum absolute atomic E-state index is 12.8. The Morgan fingerprint density at radius 1 is 1.14 bits per heavy atom. The lowest BCUT2D eigenvalue weighted by molar-refractivity contribution is -1.02. The number of hydrogen-bond acceptors (Lipinski definition) is 1. The summed E-state index contributed by atoms with van der Waals surface area (Å²) in [5.41, 5.74) is 1.27. The van der Waals surface area contributed by atoms with Crippen molar-refractivity contribution in [2.75, 3.05) is 32.7 Å². The lowest BCUT2D eigenvalue weighted by atomic mass is 9.78. The average molecular weight is 386 g/mol.